The molecular formula is C13H19N3O3S. The van der Waals surface area contributed by atoms with E-state index in [4.69, 9.17) is 0 Å². The summed E-state index contributed by atoms with van der Waals surface area (Å²) in [4.78, 5) is 25.9. The summed E-state index contributed by atoms with van der Waals surface area (Å²) in [5.41, 5.74) is 0.356. The molecule has 1 atom stereocenters. The van der Waals surface area contributed by atoms with Crippen molar-refractivity contribution in [1.29, 1.82) is 0 Å². The Morgan fingerprint density at radius 3 is 2.65 bits per heavy atom. The third-order valence-corrected chi connectivity index (χ3v) is 4.16. The summed E-state index contributed by atoms with van der Waals surface area (Å²) >= 11 is 1.05. The second-order valence-corrected chi connectivity index (χ2v) is 6.80. The summed E-state index contributed by atoms with van der Waals surface area (Å²) in [6, 6.07) is -0.730. The van der Waals surface area contributed by atoms with Crippen LogP contribution < -0.4 is 0 Å². The van der Waals surface area contributed by atoms with Crippen molar-refractivity contribution >= 4 is 23.4 Å². The number of carboxylic acid groups (broad SMARTS) is 1. The maximum absolute atomic E-state index is 12.6. The van der Waals surface area contributed by atoms with Crippen LogP contribution in [0.1, 0.15) is 55.4 Å². The Morgan fingerprint density at radius 1 is 1.35 bits per heavy atom. The van der Waals surface area contributed by atoms with E-state index in [0.29, 0.717) is 23.5 Å². The molecule has 2 rings (SSSR count). The van der Waals surface area contributed by atoms with Gasteiger partial charge in [0, 0.05) is 12.0 Å². The minimum Gasteiger partial charge on any atom is -0.480 e. The molecule has 1 amide bonds. The van der Waals surface area contributed by atoms with Crippen LogP contribution in [0.25, 0.3) is 0 Å². The zero-order valence-electron chi connectivity index (χ0n) is 11.9. The fourth-order valence-corrected chi connectivity index (χ4v) is 3.22. The van der Waals surface area contributed by atoms with E-state index in [1.807, 2.05) is 20.8 Å². The summed E-state index contributed by atoms with van der Waals surface area (Å²) < 4.78 is 3.87. The Morgan fingerprint density at radius 2 is 2.05 bits per heavy atom. The average Bonchev–Trinajstić information content (AvgIpc) is 2.87. The normalized spacial score (nSPS) is 19.9. The second kappa shape index (κ2) is 5.47. The Hall–Kier alpha value is -1.50. The van der Waals surface area contributed by atoms with Gasteiger partial charge in [-0.1, -0.05) is 25.3 Å². The molecule has 0 aromatic carbocycles. The van der Waals surface area contributed by atoms with Gasteiger partial charge in [0.2, 0.25) is 0 Å². The monoisotopic (exact) mass is 297 g/mol. The van der Waals surface area contributed by atoms with E-state index in [9.17, 15) is 14.7 Å². The lowest BCUT2D eigenvalue weighted by Gasteiger charge is -2.33. The van der Waals surface area contributed by atoms with Gasteiger partial charge in [-0.3, -0.25) is 4.79 Å². The van der Waals surface area contributed by atoms with Gasteiger partial charge in [-0.25, -0.2) is 4.79 Å². The number of rotatable bonds is 2. The molecule has 1 N–H and O–H groups in total. The Balaban J connectivity index is 2.31. The van der Waals surface area contributed by atoms with Gasteiger partial charge in [0.25, 0.3) is 5.91 Å². The van der Waals surface area contributed by atoms with E-state index >= 15 is 0 Å². The van der Waals surface area contributed by atoms with Crippen LogP contribution in [0.3, 0.4) is 0 Å². The van der Waals surface area contributed by atoms with Crippen LogP contribution in [-0.4, -0.2) is 44.1 Å². The van der Waals surface area contributed by atoms with Crippen molar-refractivity contribution in [2.45, 2.75) is 51.5 Å². The summed E-state index contributed by atoms with van der Waals surface area (Å²) in [6.07, 6.45) is 2.19. The highest BCUT2D eigenvalue weighted by Crippen LogP contribution is 2.29. The van der Waals surface area contributed by atoms with Crippen molar-refractivity contribution in [3.63, 3.8) is 0 Å². The number of amides is 1. The van der Waals surface area contributed by atoms with Crippen molar-refractivity contribution in [3.8, 4) is 0 Å². The van der Waals surface area contributed by atoms with E-state index in [2.05, 4.69) is 9.59 Å². The van der Waals surface area contributed by atoms with Gasteiger partial charge in [0.15, 0.2) is 0 Å². The molecule has 1 fully saturated rings. The van der Waals surface area contributed by atoms with Crippen LogP contribution >= 0.6 is 11.5 Å². The molecule has 110 valence electrons. The van der Waals surface area contributed by atoms with E-state index in [-0.39, 0.29) is 11.3 Å². The van der Waals surface area contributed by atoms with E-state index in [0.717, 1.165) is 24.4 Å². The van der Waals surface area contributed by atoms with E-state index in [1.54, 1.807) is 0 Å². The Labute approximate surface area is 122 Å². The molecule has 0 radical (unpaired) electrons. The molecule has 6 nitrogen and oxygen atoms in total. The fraction of sp³-hybridized carbons (Fsp3) is 0.692. The van der Waals surface area contributed by atoms with Crippen LogP contribution in [0.5, 0.6) is 0 Å². The zero-order chi connectivity index (χ0) is 14.9. The molecule has 1 aliphatic heterocycles. The smallest absolute Gasteiger partial charge is 0.326 e. The lowest BCUT2D eigenvalue weighted by molar-refractivity contribution is -0.143. The van der Waals surface area contributed by atoms with Crippen molar-refractivity contribution in [2.75, 3.05) is 6.54 Å². The SMILES string of the molecule is CC(C)(C)c1nnsc1C(=O)N1CCCCC1C(=O)O. The fourth-order valence-electron chi connectivity index (χ4n) is 2.38. The molecule has 0 bridgehead atoms. The second-order valence-electron chi connectivity index (χ2n) is 6.05. The summed E-state index contributed by atoms with van der Waals surface area (Å²) in [6.45, 7) is 6.37. The van der Waals surface area contributed by atoms with E-state index in [1.165, 1.54) is 4.90 Å². The predicted octanol–water partition coefficient (Wildman–Crippen LogP) is 1.91. The number of aliphatic carboxylic acids is 1. The first-order valence-electron chi connectivity index (χ1n) is 6.69. The van der Waals surface area contributed by atoms with Gasteiger partial charge in [0.05, 0.1) is 5.69 Å². The predicted molar refractivity (Wildman–Crippen MR) is 74.9 cm³/mol. The standard InChI is InChI=1S/C13H19N3O3S/c1-13(2,3)10-9(20-15-14-10)11(17)16-7-5-4-6-8(16)12(18)19/h8H,4-7H2,1-3H3,(H,18,19). The van der Waals surface area contributed by atoms with Crippen molar-refractivity contribution in [3.05, 3.63) is 10.6 Å². The molecule has 2 heterocycles. The van der Waals surface area contributed by atoms with Crippen molar-refractivity contribution in [2.24, 2.45) is 0 Å². The Kier molecular flexibility index (Phi) is 4.08. The largest absolute Gasteiger partial charge is 0.480 e. The van der Waals surface area contributed by atoms with Crippen LogP contribution in [0.15, 0.2) is 0 Å². The zero-order valence-corrected chi connectivity index (χ0v) is 12.7. The van der Waals surface area contributed by atoms with Crippen molar-refractivity contribution < 1.29 is 14.7 Å². The number of nitrogens with zero attached hydrogens (tertiary/aromatic N) is 3. The minimum absolute atomic E-state index is 0.253. The number of carbonyl (C=O) groups excluding carboxylic acids is 1. The number of carbonyl (C=O) groups is 2. The van der Waals surface area contributed by atoms with Crippen LogP contribution in [0.2, 0.25) is 0 Å². The third kappa shape index (κ3) is 2.82. The molecule has 20 heavy (non-hydrogen) atoms. The van der Waals surface area contributed by atoms with Gasteiger partial charge >= 0.3 is 5.97 Å². The number of hydrogen-bond acceptors (Lipinski definition) is 5. The van der Waals surface area contributed by atoms with Crippen molar-refractivity contribution in [1.82, 2.24) is 14.5 Å². The average molecular weight is 297 g/mol. The Bertz CT molecular complexity index is 521. The molecule has 1 aromatic heterocycles. The quantitative estimate of drug-likeness (QED) is 0.901. The molecule has 0 spiro atoms. The molecule has 1 aromatic rings. The van der Waals surface area contributed by atoms with Crippen LogP contribution in [-0.2, 0) is 10.2 Å². The maximum atomic E-state index is 12.6. The maximum Gasteiger partial charge on any atom is 0.326 e. The lowest BCUT2D eigenvalue weighted by atomic mass is 9.91. The number of carboxylic acids is 1. The number of aromatic nitrogens is 2. The highest BCUT2D eigenvalue weighted by atomic mass is 32.1. The molecule has 0 aliphatic carbocycles. The molecule has 0 saturated carbocycles. The first-order chi connectivity index (χ1) is 9.32. The highest BCUT2D eigenvalue weighted by molar-refractivity contribution is 7.08. The summed E-state index contributed by atoms with van der Waals surface area (Å²) in [7, 11) is 0. The van der Waals surface area contributed by atoms with E-state index < -0.39 is 12.0 Å². The number of likely N-dealkylation sites (tertiary alicyclic amines) is 1. The first kappa shape index (κ1) is 14.9. The number of hydrogen-bond donors (Lipinski definition) is 1. The summed E-state index contributed by atoms with van der Waals surface area (Å²) in [5.74, 6) is -1.19. The van der Waals surface area contributed by atoms with Gasteiger partial charge in [-0.15, -0.1) is 5.10 Å². The molecule has 1 unspecified atom stereocenters. The topological polar surface area (TPSA) is 83.4 Å². The number of piperidine rings is 1. The first-order valence-corrected chi connectivity index (χ1v) is 7.46. The van der Waals surface area contributed by atoms with Gasteiger partial charge < -0.3 is 10.0 Å². The third-order valence-electron chi connectivity index (χ3n) is 3.44. The van der Waals surface area contributed by atoms with Crippen LogP contribution in [0, 0.1) is 0 Å². The molecule has 7 heteroatoms. The minimum atomic E-state index is -0.937. The van der Waals surface area contributed by atoms with Crippen LogP contribution in [0.4, 0.5) is 0 Å². The molecule has 1 aliphatic rings. The lowest BCUT2D eigenvalue weighted by Crippen LogP contribution is -2.48. The van der Waals surface area contributed by atoms with Gasteiger partial charge in [-0.05, 0) is 30.8 Å². The van der Waals surface area contributed by atoms with Gasteiger partial charge in [0.1, 0.15) is 10.9 Å². The molecular weight excluding hydrogens is 278 g/mol. The summed E-state index contributed by atoms with van der Waals surface area (Å²) in [5, 5.41) is 13.3. The van der Waals surface area contributed by atoms with Gasteiger partial charge in [-0.2, -0.15) is 0 Å². The molecule has 1 saturated heterocycles. The highest BCUT2D eigenvalue weighted by Gasteiger charge is 2.36.